The minimum atomic E-state index is -0.135. The van der Waals surface area contributed by atoms with Gasteiger partial charge in [-0.2, -0.15) is 5.26 Å². The Labute approximate surface area is 126 Å². The highest BCUT2D eigenvalue weighted by atomic mass is 16.2. The Morgan fingerprint density at radius 1 is 1.24 bits per heavy atom. The lowest BCUT2D eigenvalue weighted by atomic mass is 9.93. The lowest BCUT2D eigenvalue weighted by Gasteiger charge is -2.28. The summed E-state index contributed by atoms with van der Waals surface area (Å²) < 4.78 is 0. The van der Waals surface area contributed by atoms with Gasteiger partial charge in [-0.05, 0) is 18.4 Å². The first-order valence-corrected chi connectivity index (χ1v) is 7.67. The first-order chi connectivity index (χ1) is 10.2. The molecule has 1 aromatic rings. The molecule has 112 valence electrons. The zero-order chi connectivity index (χ0) is 15.1. The summed E-state index contributed by atoms with van der Waals surface area (Å²) in [5, 5.41) is 9.01. The van der Waals surface area contributed by atoms with Gasteiger partial charge in [-0.3, -0.25) is 4.79 Å². The minimum absolute atomic E-state index is 0.0369. The van der Waals surface area contributed by atoms with E-state index in [4.69, 9.17) is 11.0 Å². The normalized spacial score (nSPS) is 22.1. The third-order valence-corrected chi connectivity index (χ3v) is 4.18. The van der Waals surface area contributed by atoms with E-state index in [9.17, 15) is 4.79 Å². The molecule has 1 saturated carbocycles. The van der Waals surface area contributed by atoms with Gasteiger partial charge in [0.15, 0.2) is 0 Å². The third-order valence-electron chi connectivity index (χ3n) is 4.18. The zero-order valence-corrected chi connectivity index (χ0v) is 12.4. The number of hydrogen-bond donors (Lipinski definition) is 1. The second-order valence-electron chi connectivity index (χ2n) is 5.75. The van der Waals surface area contributed by atoms with Crippen molar-refractivity contribution in [3.8, 4) is 6.07 Å². The fraction of sp³-hybridized carbons (Fsp3) is 0.529. The van der Waals surface area contributed by atoms with E-state index in [1.54, 1.807) is 4.90 Å². The van der Waals surface area contributed by atoms with Crippen LogP contribution in [0.1, 0.15) is 37.7 Å². The van der Waals surface area contributed by atoms with Crippen molar-refractivity contribution in [2.75, 3.05) is 6.54 Å². The van der Waals surface area contributed by atoms with Crippen molar-refractivity contribution in [3.05, 3.63) is 35.9 Å². The summed E-state index contributed by atoms with van der Waals surface area (Å²) in [6.45, 7) is 0.605. The van der Waals surface area contributed by atoms with Crippen LogP contribution < -0.4 is 5.73 Å². The number of nitriles is 1. The second kappa shape index (κ2) is 7.80. The molecule has 0 aromatic heterocycles. The number of nitrogens with zero attached hydrogens (tertiary/aromatic N) is 2. The zero-order valence-electron chi connectivity index (χ0n) is 12.4. The van der Waals surface area contributed by atoms with E-state index in [-0.39, 0.29) is 24.4 Å². The van der Waals surface area contributed by atoms with E-state index in [0.717, 1.165) is 37.7 Å². The maximum atomic E-state index is 12.8. The highest BCUT2D eigenvalue weighted by Gasteiger charge is 2.30. The number of rotatable bonds is 4. The molecule has 1 amide bonds. The Morgan fingerprint density at radius 2 is 1.95 bits per heavy atom. The van der Waals surface area contributed by atoms with Gasteiger partial charge in [-0.1, -0.05) is 49.6 Å². The summed E-state index contributed by atoms with van der Waals surface area (Å²) in [5.74, 6) is -0.0978. The molecule has 2 N–H and O–H groups in total. The topological polar surface area (TPSA) is 70.1 Å². The summed E-state index contributed by atoms with van der Waals surface area (Å²) in [7, 11) is 0. The van der Waals surface area contributed by atoms with Gasteiger partial charge >= 0.3 is 0 Å². The maximum Gasteiger partial charge on any atom is 0.228 e. The van der Waals surface area contributed by atoms with Crippen LogP contribution in [0, 0.1) is 17.2 Å². The first-order valence-electron chi connectivity index (χ1n) is 7.67. The van der Waals surface area contributed by atoms with Gasteiger partial charge in [0, 0.05) is 12.6 Å². The van der Waals surface area contributed by atoms with E-state index in [1.165, 1.54) is 0 Å². The molecule has 0 spiro atoms. The number of carbonyl (C=O) groups is 1. The highest BCUT2D eigenvalue weighted by Crippen LogP contribution is 2.24. The number of benzene rings is 1. The monoisotopic (exact) mass is 285 g/mol. The fourth-order valence-electron chi connectivity index (χ4n) is 2.98. The average Bonchev–Trinajstić information content (AvgIpc) is 2.72. The molecule has 1 fully saturated rings. The molecule has 0 saturated heterocycles. The third kappa shape index (κ3) is 4.30. The Hall–Kier alpha value is -1.86. The van der Waals surface area contributed by atoms with E-state index in [2.05, 4.69) is 6.07 Å². The number of carbonyl (C=O) groups excluding carboxylic acids is 1. The van der Waals surface area contributed by atoms with Gasteiger partial charge < -0.3 is 10.6 Å². The van der Waals surface area contributed by atoms with Crippen molar-refractivity contribution in [1.82, 2.24) is 4.90 Å². The number of amides is 1. The number of hydrogen-bond acceptors (Lipinski definition) is 3. The molecule has 4 heteroatoms. The fourth-order valence-corrected chi connectivity index (χ4v) is 2.98. The van der Waals surface area contributed by atoms with E-state index in [0.29, 0.717) is 6.54 Å². The molecule has 1 aliphatic carbocycles. The van der Waals surface area contributed by atoms with Crippen LogP contribution in [0.3, 0.4) is 0 Å². The Kier molecular flexibility index (Phi) is 5.77. The van der Waals surface area contributed by atoms with Crippen LogP contribution in [0.2, 0.25) is 0 Å². The van der Waals surface area contributed by atoms with Gasteiger partial charge in [-0.25, -0.2) is 0 Å². The molecule has 0 heterocycles. The van der Waals surface area contributed by atoms with Gasteiger partial charge in [0.1, 0.15) is 6.54 Å². The predicted molar refractivity (Wildman–Crippen MR) is 82.0 cm³/mol. The molecule has 0 radical (unpaired) electrons. The van der Waals surface area contributed by atoms with E-state index in [1.807, 2.05) is 30.3 Å². The molecule has 21 heavy (non-hydrogen) atoms. The van der Waals surface area contributed by atoms with Gasteiger partial charge in [-0.15, -0.1) is 0 Å². The van der Waals surface area contributed by atoms with Crippen LogP contribution in [0.5, 0.6) is 0 Å². The van der Waals surface area contributed by atoms with Crippen molar-refractivity contribution in [2.24, 2.45) is 11.7 Å². The summed E-state index contributed by atoms with van der Waals surface area (Å²) in [4.78, 5) is 14.4. The maximum absolute atomic E-state index is 12.8. The lowest BCUT2D eigenvalue weighted by Crippen LogP contribution is -2.43. The van der Waals surface area contributed by atoms with Crippen LogP contribution in [-0.2, 0) is 11.3 Å². The van der Waals surface area contributed by atoms with Crippen LogP contribution in [-0.4, -0.2) is 23.4 Å². The lowest BCUT2D eigenvalue weighted by molar-refractivity contribution is -0.136. The summed E-state index contributed by atoms with van der Waals surface area (Å²) in [6, 6.07) is 11.8. The SMILES string of the molecule is N#CCN(Cc1ccccc1)C(=O)C1CCCCCC1N. The molecule has 0 aliphatic heterocycles. The molecular weight excluding hydrogens is 262 g/mol. The summed E-state index contributed by atoms with van der Waals surface area (Å²) in [6.07, 6.45) is 5.05. The Bertz CT molecular complexity index is 495. The quantitative estimate of drug-likeness (QED) is 0.682. The van der Waals surface area contributed by atoms with Crippen LogP contribution in [0.15, 0.2) is 30.3 Å². The van der Waals surface area contributed by atoms with Crippen molar-refractivity contribution in [1.29, 1.82) is 5.26 Å². The van der Waals surface area contributed by atoms with Crippen molar-refractivity contribution >= 4 is 5.91 Å². The molecule has 2 atom stereocenters. The Balaban J connectivity index is 2.09. The average molecular weight is 285 g/mol. The van der Waals surface area contributed by atoms with Crippen molar-refractivity contribution in [2.45, 2.75) is 44.7 Å². The smallest absolute Gasteiger partial charge is 0.228 e. The molecule has 1 aromatic carbocycles. The largest absolute Gasteiger partial charge is 0.327 e. The molecule has 4 nitrogen and oxygen atoms in total. The summed E-state index contributed by atoms with van der Waals surface area (Å²) in [5.41, 5.74) is 7.22. The Morgan fingerprint density at radius 3 is 2.67 bits per heavy atom. The van der Waals surface area contributed by atoms with Crippen LogP contribution in [0.4, 0.5) is 0 Å². The molecule has 1 aliphatic rings. The van der Waals surface area contributed by atoms with E-state index < -0.39 is 0 Å². The predicted octanol–water partition coefficient (Wildman–Crippen LogP) is 2.45. The second-order valence-corrected chi connectivity index (χ2v) is 5.75. The van der Waals surface area contributed by atoms with Crippen LogP contribution >= 0.6 is 0 Å². The van der Waals surface area contributed by atoms with E-state index >= 15 is 0 Å². The van der Waals surface area contributed by atoms with Gasteiger partial charge in [0.05, 0.1) is 12.0 Å². The molecule has 2 unspecified atom stereocenters. The minimum Gasteiger partial charge on any atom is -0.327 e. The first kappa shape index (κ1) is 15.5. The summed E-state index contributed by atoms with van der Waals surface area (Å²) >= 11 is 0. The molecular formula is C17H23N3O. The highest BCUT2D eigenvalue weighted by molar-refractivity contribution is 5.79. The molecule has 2 rings (SSSR count). The van der Waals surface area contributed by atoms with Crippen molar-refractivity contribution < 1.29 is 4.79 Å². The molecule has 0 bridgehead atoms. The van der Waals surface area contributed by atoms with Gasteiger partial charge in [0.25, 0.3) is 0 Å². The standard InChI is InChI=1S/C17H23N3O/c18-11-12-20(13-14-7-3-1-4-8-14)17(21)15-9-5-2-6-10-16(15)19/h1,3-4,7-8,15-16H,2,5-6,9-10,12-13,19H2. The van der Waals surface area contributed by atoms with Crippen LogP contribution in [0.25, 0.3) is 0 Å². The van der Waals surface area contributed by atoms with Gasteiger partial charge in [0.2, 0.25) is 5.91 Å². The van der Waals surface area contributed by atoms with Crippen molar-refractivity contribution in [3.63, 3.8) is 0 Å². The number of nitrogens with two attached hydrogens (primary N) is 1.